The van der Waals surface area contributed by atoms with E-state index >= 15 is 0 Å². The minimum Gasteiger partial charge on any atom is -0.480 e. The number of carboxylic acid groups (broad SMARTS) is 1. The molecule has 1 amide bonds. The Bertz CT molecular complexity index is 290. The van der Waals surface area contributed by atoms with Gasteiger partial charge in [0.1, 0.15) is 5.54 Å². The zero-order valence-electron chi connectivity index (χ0n) is 8.66. The Kier molecular flexibility index (Phi) is 2.42. The number of aliphatic carboxylic acids is 1. The summed E-state index contributed by atoms with van der Waals surface area (Å²) in [6.07, 6.45) is 2.56. The van der Waals surface area contributed by atoms with Gasteiger partial charge in [-0.2, -0.15) is 0 Å². The lowest BCUT2D eigenvalue weighted by atomic mass is 9.86. The van der Waals surface area contributed by atoms with Crippen LogP contribution in [0.15, 0.2) is 0 Å². The van der Waals surface area contributed by atoms with Crippen LogP contribution in [0, 0.1) is 0 Å². The first-order valence-corrected chi connectivity index (χ1v) is 5.19. The van der Waals surface area contributed by atoms with E-state index in [4.69, 9.17) is 4.74 Å². The molecule has 2 saturated heterocycles. The zero-order chi connectivity index (χ0) is 11.1. The predicted octanol–water partition coefficient (Wildman–Crippen LogP) is 0.287. The third kappa shape index (κ3) is 1.84. The highest BCUT2D eigenvalue weighted by atomic mass is 16.5. The quantitative estimate of drug-likeness (QED) is 0.691. The first-order chi connectivity index (χ1) is 7.02. The molecule has 2 aliphatic heterocycles. The normalized spacial score (nSPS) is 38.7. The first-order valence-electron chi connectivity index (χ1n) is 5.19. The maximum Gasteiger partial charge on any atom is 0.329 e. The van der Waals surface area contributed by atoms with E-state index in [1.54, 1.807) is 0 Å². The molecule has 2 rings (SSSR count). The summed E-state index contributed by atoms with van der Waals surface area (Å²) in [4.78, 5) is 22.3. The van der Waals surface area contributed by atoms with Crippen molar-refractivity contribution >= 4 is 11.9 Å². The van der Waals surface area contributed by atoms with E-state index in [0.717, 1.165) is 12.8 Å². The van der Waals surface area contributed by atoms with Gasteiger partial charge >= 0.3 is 5.97 Å². The number of fused-ring (bicyclic) bond motifs is 2. The summed E-state index contributed by atoms with van der Waals surface area (Å²) in [5.74, 6) is -1.24. The number of ether oxygens (including phenoxy) is 1. The molecule has 2 heterocycles. The van der Waals surface area contributed by atoms with Crippen molar-refractivity contribution in [2.75, 3.05) is 0 Å². The molecule has 0 aromatic heterocycles. The van der Waals surface area contributed by atoms with Crippen LogP contribution in [0.25, 0.3) is 0 Å². The molecule has 2 fully saturated rings. The molecule has 2 aliphatic rings. The number of hydrogen-bond donors (Lipinski definition) is 2. The summed E-state index contributed by atoms with van der Waals surface area (Å²) in [5.41, 5.74) is -1.10. The van der Waals surface area contributed by atoms with Crippen molar-refractivity contribution in [2.24, 2.45) is 0 Å². The molecule has 5 heteroatoms. The van der Waals surface area contributed by atoms with Crippen molar-refractivity contribution < 1.29 is 19.4 Å². The van der Waals surface area contributed by atoms with Gasteiger partial charge in [0.2, 0.25) is 5.91 Å². The summed E-state index contributed by atoms with van der Waals surface area (Å²) in [7, 11) is 0. The van der Waals surface area contributed by atoms with Gasteiger partial charge in [-0.1, -0.05) is 0 Å². The van der Waals surface area contributed by atoms with Crippen LogP contribution >= 0.6 is 0 Å². The third-order valence-electron chi connectivity index (χ3n) is 3.17. The number of carbonyl (C=O) groups excluding carboxylic acids is 1. The minimum atomic E-state index is -1.10. The lowest BCUT2D eigenvalue weighted by Crippen LogP contribution is -2.59. The predicted molar refractivity (Wildman–Crippen MR) is 51.3 cm³/mol. The van der Waals surface area contributed by atoms with E-state index in [1.807, 2.05) is 0 Å². The fraction of sp³-hybridized carbons (Fsp3) is 0.800. The largest absolute Gasteiger partial charge is 0.480 e. The second-order valence-corrected chi connectivity index (χ2v) is 4.43. The van der Waals surface area contributed by atoms with Gasteiger partial charge in [0, 0.05) is 19.8 Å². The van der Waals surface area contributed by atoms with Crippen molar-refractivity contribution in [3.63, 3.8) is 0 Å². The van der Waals surface area contributed by atoms with Crippen molar-refractivity contribution in [3.8, 4) is 0 Å². The first kappa shape index (κ1) is 10.4. The molecular weight excluding hydrogens is 198 g/mol. The molecule has 2 atom stereocenters. The van der Waals surface area contributed by atoms with Gasteiger partial charge in [-0.25, -0.2) is 4.79 Å². The SMILES string of the molecule is CC(=O)NC1(C(=O)O)CC2CCC(C1)O2. The Hall–Kier alpha value is -1.10. The highest BCUT2D eigenvalue weighted by molar-refractivity contribution is 5.86. The average molecular weight is 213 g/mol. The number of carboxylic acids is 1. The molecule has 0 aromatic carbocycles. The summed E-state index contributed by atoms with van der Waals surface area (Å²) in [6, 6.07) is 0. The second-order valence-electron chi connectivity index (χ2n) is 4.43. The van der Waals surface area contributed by atoms with Crippen LogP contribution in [0.5, 0.6) is 0 Å². The topological polar surface area (TPSA) is 75.6 Å². The minimum absolute atomic E-state index is 0.00769. The smallest absolute Gasteiger partial charge is 0.329 e. The fourth-order valence-corrected chi connectivity index (χ4v) is 2.61. The molecular formula is C10H15NO4. The van der Waals surface area contributed by atoms with Gasteiger partial charge in [-0.05, 0) is 12.8 Å². The highest BCUT2D eigenvalue weighted by Crippen LogP contribution is 2.38. The van der Waals surface area contributed by atoms with Crippen molar-refractivity contribution in [3.05, 3.63) is 0 Å². The maximum atomic E-state index is 11.3. The van der Waals surface area contributed by atoms with Gasteiger partial charge in [0.25, 0.3) is 0 Å². The van der Waals surface area contributed by atoms with E-state index in [-0.39, 0.29) is 18.1 Å². The molecule has 0 aromatic rings. The van der Waals surface area contributed by atoms with Crippen molar-refractivity contribution in [1.82, 2.24) is 5.32 Å². The van der Waals surface area contributed by atoms with E-state index in [9.17, 15) is 14.7 Å². The van der Waals surface area contributed by atoms with Crippen LogP contribution in [-0.2, 0) is 14.3 Å². The lowest BCUT2D eigenvalue weighted by Gasteiger charge is -2.37. The lowest BCUT2D eigenvalue weighted by molar-refractivity contribution is -0.155. The third-order valence-corrected chi connectivity index (χ3v) is 3.17. The van der Waals surface area contributed by atoms with Crippen LogP contribution in [0.3, 0.4) is 0 Å². The zero-order valence-corrected chi connectivity index (χ0v) is 8.66. The number of nitrogens with one attached hydrogen (secondary N) is 1. The standard InChI is InChI=1S/C10H15NO4/c1-6(12)11-10(9(13)14)4-7-2-3-8(5-10)15-7/h7-8H,2-5H2,1H3,(H,11,12)(H,13,14). The molecule has 0 saturated carbocycles. The van der Waals surface area contributed by atoms with Gasteiger partial charge in [0.15, 0.2) is 0 Å². The second kappa shape index (κ2) is 3.48. The van der Waals surface area contributed by atoms with Crippen LogP contribution in [-0.4, -0.2) is 34.7 Å². The fourth-order valence-electron chi connectivity index (χ4n) is 2.61. The Labute approximate surface area is 87.8 Å². The van der Waals surface area contributed by atoms with Gasteiger partial charge in [-0.15, -0.1) is 0 Å². The number of hydrogen-bond acceptors (Lipinski definition) is 3. The van der Waals surface area contributed by atoms with Crippen molar-refractivity contribution in [1.29, 1.82) is 0 Å². The van der Waals surface area contributed by atoms with Crippen LogP contribution in [0.1, 0.15) is 32.6 Å². The van der Waals surface area contributed by atoms with E-state index in [0.29, 0.717) is 12.8 Å². The molecule has 5 nitrogen and oxygen atoms in total. The summed E-state index contributed by atoms with van der Waals surface area (Å²) in [5, 5.41) is 11.8. The Morgan fingerprint density at radius 3 is 2.27 bits per heavy atom. The van der Waals surface area contributed by atoms with Gasteiger partial charge < -0.3 is 15.2 Å². The highest BCUT2D eigenvalue weighted by Gasteiger charge is 2.50. The number of amides is 1. The van der Waals surface area contributed by atoms with Crippen LogP contribution in [0.4, 0.5) is 0 Å². The molecule has 0 spiro atoms. The van der Waals surface area contributed by atoms with E-state index in [2.05, 4.69) is 5.32 Å². The number of carbonyl (C=O) groups is 2. The monoisotopic (exact) mass is 213 g/mol. The van der Waals surface area contributed by atoms with Gasteiger partial charge in [0.05, 0.1) is 12.2 Å². The van der Waals surface area contributed by atoms with E-state index < -0.39 is 11.5 Å². The Morgan fingerprint density at radius 1 is 1.33 bits per heavy atom. The summed E-state index contributed by atoms with van der Waals surface area (Å²) >= 11 is 0. The molecule has 15 heavy (non-hydrogen) atoms. The van der Waals surface area contributed by atoms with Crippen LogP contribution < -0.4 is 5.32 Å². The molecule has 2 unspecified atom stereocenters. The summed E-state index contributed by atoms with van der Waals surface area (Å²) < 4.78 is 5.57. The molecule has 0 radical (unpaired) electrons. The Balaban J connectivity index is 2.19. The van der Waals surface area contributed by atoms with Crippen molar-refractivity contribution in [2.45, 2.75) is 50.4 Å². The molecule has 0 aliphatic carbocycles. The van der Waals surface area contributed by atoms with Crippen LogP contribution in [0.2, 0.25) is 0 Å². The average Bonchev–Trinajstić information content (AvgIpc) is 2.44. The van der Waals surface area contributed by atoms with Gasteiger partial charge in [-0.3, -0.25) is 4.79 Å². The molecule has 2 N–H and O–H groups in total. The Morgan fingerprint density at radius 2 is 1.87 bits per heavy atom. The molecule has 2 bridgehead atoms. The molecule has 84 valence electrons. The summed E-state index contributed by atoms with van der Waals surface area (Å²) in [6.45, 7) is 1.35. The maximum absolute atomic E-state index is 11.3. The number of rotatable bonds is 2. The van der Waals surface area contributed by atoms with E-state index in [1.165, 1.54) is 6.92 Å².